The van der Waals surface area contributed by atoms with Gasteiger partial charge in [0.15, 0.2) is 0 Å². The standard InChI is InChI=1S/C15H22ClN3O2/c1-12(11-18-6-2-3-7-18)9-17-10-13-8-14(19(20)21)4-5-15(13)16/h4-5,8,12,17H,2-3,6-7,9-11H2,1H3. The second-order valence-electron chi connectivity index (χ2n) is 5.78. The average molecular weight is 312 g/mol. The molecule has 1 N–H and O–H groups in total. The Balaban J connectivity index is 1.79. The Labute approximate surface area is 130 Å². The van der Waals surface area contributed by atoms with Crippen LogP contribution in [0.1, 0.15) is 25.3 Å². The van der Waals surface area contributed by atoms with Crippen molar-refractivity contribution in [3.63, 3.8) is 0 Å². The van der Waals surface area contributed by atoms with Gasteiger partial charge in [0.05, 0.1) is 4.92 Å². The van der Waals surface area contributed by atoms with Crippen LogP contribution in [0.4, 0.5) is 5.69 Å². The monoisotopic (exact) mass is 311 g/mol. The summed E-state index contributed by atoms with van der Waals surface area (Å²) in [6, 6.07) is 4.56. The number of nitro benzene ring substituents is 1. The number of nitrogens with zero attached hydrogens (tertiary/aromatic N) is 2. The molecule has 21 heavy (non-hydrogen) atoms. The van der Waals surface area contributed by atoms with Crippen LogP contribution in [0.2, 0.25) is 5.02 Å². The van der Waals surface area contributed by atoms with Gasteiger partial charge < -0.3 is 10.2 Å². The minimum atomic E-state index is -0.393. The Morgan fingerprint density at radius 3 is 2.81 bits per heavy atom. The predicted octanol–water partition coefficient (Wildman–Crippen LogP) is 3.07. The second kappa shape index (κ2) is 7.73. The Kier molecular flexibility index (Phi) is 5.96. The van der Waals surface area contributed by atoms with E-state index in [0.29, 0.717) is 17.5 Å². The van der Waals surface area contributed by atoms with Gasteiger partial charge in [-0.05, 0) is 50.0 Å². The smallest absolute Gasteiger partial charge is 0.269 e. The lowest BCUT2D eigenvalue weighted by molar-refractivity contribution is -0.384. The fourth-order valence-electron chi connectivity index (χ4n) is 2.73. The number of hydrogen-bond donors (Lipinski definition) is 1. The van der Waals surface area contributed by atoms with E-state index in [1.165, 1.54) is 32.0 Å². The summed E-state index contributed by atoms with van der Waals surface area (Å²) in [5.41, 5.74) is 0.862. The van der Waals surface area contributed by atoms with E-state index in [9.17, 15) is 10.1 Å². The highest BCUT2D eigenvalue weighted by atomic mass is 35.5. The number of nitrogens with one attached hydrogen (secondary N) is 1. The Morgan fingerprint density at radius 2 is 2.14 bits per heavy atom. The summed E-state index contributed by atoms with van der Waals surface area (Å²) in [5.74, 6) is 0.556. The van der Waals surface area contributed by atoms with E-state index in [4.69, 9.17) is 11.6 Å². The van der Waals surface area contributed by atoms with Gasteiger partial charge in [0, 0.05) is 30.2 Å². The Morgan fingerprint density at radius 1 is 1.43 bits per heavy atom. The van der Waals surface area contributed by atoms with Gasteiger partial charge in [-0.2, -0.15) is 0 Å². The largest absolute Gasteiger partial charge is 0.312 e. The molecular weight excluding hydrogens is 290 g/mol. The van der Waals surface area contributed by atoms with E-state index < -0.39 is 4.92 Å². The van der Waals surface area contributed by atoms with E-state index in [1.807, 2.05) is 0 Å². The summed E-state index contributed by atoms with van der Waals surface area (Å²) in [5, 5.41) is 14.7. The number of halogens is 1. The normalized spacial score (nSPS) is 17.0. The number of rotatable bonds is 7. The lowest BCUT2D eigenvalue weighted by atomic mass is 10.1. The van der Waals surface area contributed by atoms with Crippen LogP contribution in [0.5, 0.6) is 0 Å². The van der Waals surface area contributed by atoms with Gasteiger partial charge in [-0.1, -0.05) is 18.5 Å². The van der Waals surface area contributed by atoms with E-state index in [1.54, 1.807) is 12.1 Å². The van der Waals surface area contributed by atoms with Crippen LogP contribution in [0.15, 0.2) is 18.2 Å². The average Bonchev–Trinajstić information content (AvgIpc) is 2.93. The molecule has 0 aromatic heterocycles. The molecule has 6 heteroatoms. The van der Waals surface area contributed by atoms with Crippen molar-refractivity contribution in [1.82, 2.24) is 10.2 Å². The molecule has 1 atom stereocenters. The first-order valence-electron chi connectivity index (χ1n) is 7.42. The van der Waals surface area contributed by atoms with Crippen molar-refractivity contribution in [2.24, 2.45) is 5.92 Å². The van der Waals surface area contributed by atoms with Crippen molar-refractivity contribution >= 4 is 17.3 Å². The molecule has 1 saturated heterocycles. The van der Waals surface area contributed by atoms with Gasteiger partial charge in [-0.15, -0.1) is 0 Å². The molecular formula is C15H22ClN3O2. The molecule has 1 unspecified atom stereocenters. The van der Waals surface area contributed by atoms with Crippen LogP contribution in [-0.2, 0) is 6.54 Å². The van der Waals surface area contributed by atoms with Crippen molar-refractivity contribution in [2.75, 3.05) is 26.2 Å². The molecule has 1 heterocycles. The molecule has 1 fully saturated rings. The SMILES string of the molecule is CC(CNCc1cc([N+](=O)[O-])ccc1Cl)CN1CCCC1. The van der Waals surface area contributed by atoms with Crippen LogP contribution >= 0.6 is 11.6 Å². The lowest BCUT2D eigenvalue weighted by Gasteiger charge is -2.20. The highest BCUT2D eigenvalue weighted by Crippen LogP contribution is 2.21. The summed E-state index contributed by atoms with van der Waals surface area (Å²) < 4.78 is 0. The van der Waals surface area contributed by atoms with Crippen LogP contribution in [0.3, 0.4) is 0 Å². The molecule has 1 aromatic rings. The number of nitro groups is 1. The topological polar surface area (TPSA) is 58.4 Å². The van der Waals surface area contributed by atoms with E-state index in [0.717, 1.165) is 18.7 Å². The summed E-state index contributed by atoms with van der Waals surface area (Å²) in [4.78, 5) is 12.9. The zero-order chi connectivity index (χ0) is 15.2. The van der Waals surface area contributed by atoms with Crippen LogP contribution in [-0.4, -0.2) is 36.0 Å². The molecule has 1 aromatic carbocycles. The van der Waals surface area contributed by atoms with Gasteiger partial charge >= 0.3 is 0 Å². The van der Waals surface area contributed by atoms with Crippen molar-refractivity contribution in [3.05, 3.63) is 38.9 Å². The molecule has 0 spiro atoms. The minimum Gasteiger partial charge on any atom is -0.312 e. The van der Waals surface area contributed by atoms with Crippen molar-refractivity contribution in [1.29, 1.82) is 0 Å². The van der Waals surface area contributed by atoms with Gasteiger partial charge in [-0.3, -0.25) is 10.1 Å². The van der Waals surface area contributed by atoms with Crippen molar-refractivity contribution in [3.8, 4) is 0 Å². The van der Waals surface area contributed by atoms with Gasteiger partial charge in [0.2, 0.25) is 0 Å². The molecule has 1 aliphatic rings. The number of non-ortho nitro benzene ring substituents is 1. The molecule has 0 aliphatic carbocycles. The molecule has 116 valence electrons. The maximum Gasteiger partial charge on any atom is 0.269 e. The molecule has 1 aliphatic heterocycles. The quantitative estimate of drug-likeness (QED) is 0.621. The maximum absolute atomic E-state index is 10.8. The maximum atomic E-state index is 10.8. The van der Waals surface area contributed by atoms with Crippen LogP contribution in [0.25, 0.3) is 0 Å². The van der Waals surface area contributed by atoms with Gasteiger partial charge in [0.1, 0.15) is 0 Å². The molecule has 0 radical (unpaired) electrons. The fourth-order valence-corrected chi connectivity index (χ4v) is 2.92. The number of likely N-dealkylation sites (tertiary alicyclic amines) is 1. The number of benzene rings is 1. The summed E-state index contributed by atoms with van der Waals surface area (Å²) in [7, 11) is 0. The van der Waals surface area contributed by atoms with Crippen molar-refractivity contribution in [2.45, 2.75) is 26.3 Å². The van der Waals surface area contributed by atoms with E-state index >= 15 is 0 Å². The van der Waals surface area contributed by atoms with Gasteiger partial charge in [-0.25, -0.2) is 0 Å². The third-order valence-electron chi connectivity index (χ3n) is 3.82. The molecule has 0 saturated carbocycles. The van der Waals surface area contributed by atoms with E-state index in [-0.39, 0.29) is 5.69 Å². The third-order valence-corrected chi connectivity index (χ3v) is 4.19. The predicted molar refractivity (Wildman–Crippen MR) is 84.7 cm³/mol. The third kappa shape index (κ3) is 4.95. The lowest BCUT2D eigenvalue weighted by Crippen LogP contribution is -2.31. The van der Waals surface area contributed by atoms with Crippen LogP contribution in [0, 0.1) is 16.0 Å². The zero-order valence-electron chi connectivity index (χ0n) is 12.3. The first-order valence-corrected chi connectivity index (χ1v) is 7.80. The Hall–Kier alpha value is -1.17. The van der Waals surface area contributed by atoms with Crippen molar-refractivity contribution < 1.29 is 4.92 Å². The summed E-state index contributed by atoms with van der Waals surface area (Å²) in [6.07, 6.45) is 2.62. The molecule has 5 nitrogen and oxygen atoms in total. The first kappa shape index (κ1) is 16.2. The first-order chi connectivity index (χ1) is 10.1. The fraction of sp³-hybridized carbons (Fsp3) is 0.600. The zero-order valence-corrected chi connectivity index (χ0v) is 13.1. The summed E-state index contributed by atoms with van der Waals surface area (Å²) in [6.45, 7) is 7.19. The van der Waals surface area contributed by atoms with Crippen LogP contribution < -0.4 is 5.32 Å². The van der Waals surface area contributed by atoms with E-state index in [2.05, 4.69) is 17.1 Å². The second-order valence-corrected chi connectivity index (χ2v) is 6.18. The highest BCUT2D eigenvalue weighted by Gasteiger charge is 2.15. The Bertz CT molecular complexity index is 490. The molecule has 2 rings (SSSR count). The molecule has 0 amide bonds. The van der Waals surface area contributed by atoms with Gasteiger partial charge in [0.25, 0.3) is 5.69 Å². The highest BCUT2D eigenvalue weighted by molar-refractivity contribution is 6.31. The minimum absolute atomic E-state index is 0.0846. The number of hydrogen-bond acceptors (Lipinski definition) is 4. The summed E-state index contributed by atoms with van der Waals surface area (Å²) >= 11 is 6.08. The molecule has 0 bridgehead atoms.